The first-order valence-corrected chi connectivity index (χ1v) is 9.70. The highest BCUT2D eigenvalue weighted by molar-refractivity contribution is 7.10. The fourth-order valence-corrected chi connectivity index (χ4v) is 3.37. The molecule has 1 heterocycles. The van der Waals surface area contributed by atoms with Gasteiger partial charge in [-0.15, -0.1) is 11.3 Å². The topological polar surface area (TPSA) is 56.7 Å². The molecule has 0 radical (unpaired) electrons. The summed E-state index contributed by atoms with van der Waals surface area (Å²) in [5, 5.41) is 19.0. The van der Waals surface area contributed by atoms with Crippen LogP contribution in [0.25, 0.3) is 0 Å². The van der Waals surface area contributed by atoms with Crippen molar-refractivity contribution in [3.8, 4) is 0 Å². The molecule has 0 aliphatic rings. The zero-order valence-electron chi connectivity index (χ0n) is 15.3. The second-order valence-electron chi connectivity index (χ2n) is 6.70. The number of nitrogens with zero attached hydrogens (tertiary/aromatic N) is 1. The van der Waals surface area contributed by atoms with Gasteiger partial charge in [-0.2, -0.15) is 0 Å². The van der Waals surface area contributed by atoms with Crippen molar-refractivity contribution in [3.05, 3.63) is 58.3 Å². The van der Waals surface area contributed by atoms with E-state index in [1.54, 1.807) is 11.3 Å². The summed E-state index contributed by atoms with van der Waals surface area (Å²) in [6.45, 7) is 8.68. The number of rotatable bonds is 8. The van der Waals surface area contributed by atoms with Crippen LogP contribution in [-0.2, 0) is 5.41 Å². The van der Waals surface area contributed by atoms with Crippen molar-refractivity contribution in [2.75, 3.05) is 19.6 Å². The Bertz CT molecular complexity index is 638. The number of thiophene rings is 1. The van der Waals surface area contributed by atoms with Gasteiger partial charge >= 0.3 is 0 Å². The van der Waals surface area contributed by atoms with Crippen LogP contribution in [0.3, 0.4) is 0 Å². The summed E-state index contributed by atoms with van der Waals surface area (Å²) in [5.74, 6) is 0.799. The van der Waals surface area contributed by atoms with Crippen molar-refractivity contribution in [1.82, 2.24) is 10.6 Å². The fraction of sp³-hybridized carbons (Fsp3) is 0.450. The highest BCUT2D eigenvalue weighted by atomic mass is 32.1. The number of aliphatic hydroxyl groups is 1. The van der Waals surface area contributed by atoms with Gasteiger partial charge in [0.15, 0.2) is 5.96 Å². The molecule has 136 valence electrons. The van der Waals surface area contributed by atoms with Gasteiger partial charge in [0.2, 0.25) is 0 Å². The molecule has 2 rings (SSSR count). The lowest BCUT2D eigenvalue weighted by Crippen LogP contribution is -2.39. The van der Waals surface area contributed by atoms with Crippen molar-refractivity contribution >= 4 is 17.3 Å². The third-order valence-electron chi connectivity index (χ3n) is 4.06. The lowest BCUT2D eigenvalue weighted by molar-refractivity contribution is 0.168. The van der Waals surface area contributed by atoms with Crippen LogP contribution in [0.5, 0.6) is 0 Å². The first-order valence-electron chi connectivity index (χ1n) is 8.82. The lowest BCUT2D eigenvalue weighted by Gasteiger charge is -2.22. The summed E-state index contributed by atoms with van der Waals surface area (Å²) in [4.78, 5) is 6.07. The van der Waals surface area contributed by atoms with Crippen LogP contribution >= 0.6 is 11.3 Å². The van der Waals surface area contributed by atoms with Crippen LogP contribution in [0.4, 0.5) is 0 Å². The van der Waals surface area contributed by atoms with Crippen molar-refractivity contribution in [2.45, 2.75) is 38.7 Å². The predicted octanol–water partition coefficient (Wildman–Crippen LogP) is 3.70. The van der Waals surface area contributed by atoms with Crippen LogP contribution in [0.2, 0.25) is 0 Å². The number of aliphatic hydroxyl groups excluding tert-OH is 1. The zero-order chi connectivity index (χ0) is 18.1. The first-order chi connectivity index (χ1) is 12.0. The van der Waals surface area contributed by atoms with Crippen LogP contribution < -0.4 is 10.6 Å². The molecule has 0 bridgehead atoms. The second kappa shape index (κ2) is 9.59. The Balaban J connectivity index is 1.87. The van der Waals surface area contributed by atoms with Crippen molar-refractivity contribution < 1.29 is 5.11 Å². The maximum absolute atomic E-state index is 10.2. The predicted molar refractivity (Wildman–Crippen MR) is 107 cm³/mol. The Labute approximate surface area is 155 Å². The number of hydrogen-bond acceptors (Lipinski definition) is 3. The van der Waals surface area contributed by atoms with E-state index in [1.807, 2.05) is 30.3 Å². The molecule has 1 atom stereocenters. The smallest absolute Gasteiger partial charge is 0.191 e. The molecular formula is C20H29N3OS. The lowest BCUT2D eigenvalue weighted by atomic mass is 9.92. The van der Waals surface area contributed by atoms with Gasteiger partial charge in [0.05, 0.1) is 12.6 Å². The van der Waals surface area contributed by atoms with E-state index in [2.05, 4.69) is 48.9 Å². The number of aliphatic imine (C=N–C) groups is 1. The van der Waals surface area contributed by atoms with Gasteiger partial charge in [0, 0.05) is 23.4 Å². The molecular weight excluding hydrogens is 330 g/mol. The van der Waals surface area contributed by atoms with Gasteiger partial charge < -0.3 is 15.7 Å². The maximum Gasteiger partial charge on any atom is 0.191 e. The average molecular weight is 360 g/mol. The Morgan fingerprint density at radius 2 is 1.92 bits per heavy atom. The van der Waals surface area contributed by atoms with Crippen molar-refractivity contribution in [1.29, 1.82) is 0 Å². The first kappa shape index (κ1) is 19.5. The van der Waals surface area contributed by atoms with Crippen molar-refractivity contribution in [2.24, 2.45) is 4.99 Å². The fourth-order valence-electron chi connectivity index (χ4n) is 2.53. The molecule has 0 aliphatic heterocycles. The molecule has 1 aromatic heterocycles. The minimum absolute atomic E-state index is 0.0140. The Hall–Kier alpha value is -1.85. The van der Waals surface area contributed by atoms with Gasteiger partial charge in [-0.05, 0) is 30.4 Å². The van der Waals surface area contributed by atoms with E-state index in [4.69, 9.17) is 4.99 Å². The van der Waals surface area contributed by atoms with E-state index in [-0.39, 0.29) is 5.41 Å². The van der Waals surface area contributed by atoms with E-state index in [0.717, 1.165) is 18.1 Å². The highest BCUT2D eigenvalue weighted by Crippen LogP contribution is 2.27. The minimum atomic E-state index is -0.459. The normalized spacial score (nSPS) is 13.5. The monoisotopic (exact) mass is 359 g/mol. The van der Waals surface area contributed by atoms with E-state index >= 15 is 0 Å². The third-order valence-corrected chi connectivity index (χ3v) is 5.30. The molecule has 0 saturated heterocycles. The molecule has 0 aliphatic carbocycles. The van der Waals surface area contributed by atoms with E-state index < -0.39 is 6.10 Å². The third kappa shape index (κ3) is 6.18. The Kier molecular flexibility index (Phi) is 7.47. The molecule has 4 nitrogen and oxygen atoms in total. The molecule has 1 unspecified atom stereocenters. The number of nitrogens with one attached hydrogen (secondary N) is 2. The quantitative estimate of drug-likeness (QED) is 0.497. The van der Waals surface area contributed by atoms with Gasteiger partial charge in [-0.1, -0.05) is 50.2 Å². The summed E-state index contributed by atoms with van der Waals surface area (Å²) in [5.41, 5.74) is 0.963. The zero-order valence-corrected chi connectivity index (χ0v) is 16.1. The molecule has 0 amide bonds. The summed E-state index contributed by atoms with van der Waals surface area (Å²) in [7, 11) is 0. The van der Waals surface area contributed by atoms with Gasteiger partial charge in [-0.25, -0.2) is 0 Å². The molecule has 25 heavy (non-hydrogen) atoms. The van der Waals surface area contributed by atoms with Crippen LogP contribution in [0.15, 0.2) is 52.8 Å². The standard InChI is InChI=1S/C20H29N3OS/c1-4-21-19(23-15-20(2,3)18-11-8-14-25-18)22-13-12-17(24)16-9-6-5-7-10-16/h5-11,14,17,24H,4,12-13,15H2,1-3H3,(H2,21,22,23). The summed E-state index contributed by atoms with van der Waals surface area (Å²) >= 11 is 1.77. The maximum atomic E-state index is 10.2. The summed E-state index contributed by atoms with van der Waals surface area (Å²) in [6.07, 6.45) is 0.182. The molecule has 0 saturated carbocycles. The summed E-state index contributed by atoms with van der Waals surface area (Å²) < 4.78 is 0. The second-order valence-corrected chi connectivity index (χ2v) is 7.65. The SMILES string of the molecule is CCNC(=NCC(C)(C)c1cccs1)NCCC(O)c1ccccc1. The van der Waals surface area contributed by atoms with Crippen LogP contribution in [0.1, 0.15) is 43.7 Å². The number of guanidine groups is 1. The molecule has 0 fully saturated rings. The van der Waals surface area contributed by atoms with E-state index in [9.17, 15) is 5.11 Å². The molecule has 0 spiro atoms. The molecule has 5 heteroatoms. The Morgan fingerprint density at radius 1 is 1.16 bits per heavy atom. The summed E-state index contributed by atoms with van der Waals surface area (Å²) in [6, 6.07) is 14.0. The molecule has 1 aromatic carbocycles. The van der Waals surface area contributed by atoms with Gasteiger partial charge in [0.1, 0.15) is 0 Å². The highest BCUT2D eigenvalue weighted by Gasteiger charge is 2.21. The molecule has 2 aromatic rings. The van der Waals surface area contributed by atoms with Gasteiger partial charge in [-0.3, -0.25) is 4.99 Å². The van der Waals surface area contributed by atoms with Crippen molar-refractivity contribution in [3.63, 3.8) is 0 Å². The van der Waals surface area contributed by atoms with E-state index in [1.165, 1.54) is 4.88 Å². The van der Waals surface area contributed by atoms with Crippen LogP contribution in [0, 0.1) is 0 Å². The van der Waals surface area contributed by atoms with Crippen LogP contribution in [-0.4, -0.2) is 30.7 Å². The number of benzene rings is 1. The minimum Gasteiger partial charge on any atom is -0.388 e. The van der Waals surface area contributed by atoms with E-state index in [0.29, 0.717) is 19.5 Å². The molecule has 3 N–H and O–H groups in total. The average Bonchev–Trinajstić information content (AvgIpc) is 3.16. The number of hydrogen-bond donors (Lipinski definition) is 3. The Morgan fingerprint density at radius 3 is 2.56 bits per heavy atom. The van der Waals surface area contributed by atoms with Gasteiger partial charge in [0.25, 0.3) is 0 Å². The largest absolute Gasteiger partial charge is 0.388 e.